The lowest BCUT2D eigenvalue weighted by Crippen LogP contribution is -2.17. The number of hydrogen-bond acceptors (Lipinski definition) is 4. The monoisotopic (exact) mass is 221 g/mol. The van der Waals surface area contributed by atoms with Gasteiger partial charge in [0.2, 0.25) is 0 Å². The van der Waals surface area contributed by atoms with E-state index >= 15 is 0 Å². The average Bonchev–Trinajstić information content (AvgIpc) is 2.73. The molecule has 0 saturated heterocycles. The molecule has 0 spiro atoms. The van der Waals surface area contributed by atoms with E-state index in [4.69, 9.17) is 20.2 Å². The zero-order valence-corrected chi connectivity index (χ0v) is 9.19. The highest BCUT2D eigenvalue weighted by atomic mass is 16.5. The van der Waals surface area contributed by atoms with Crippen molar-refractivity contribution in [3.05, 3.63) is 23.8 Å². The standard InChI is InChI=1S/C11H16BNO3/c13-7-10-8-3-1-4-9(11(8)12-16-10)15-6-2-5-14/h1,3-4,10,12,14H,2,5-7,13H2/t10-/m1/s1. The highest BCUT2D eigenvalue weighted by Gasteiger charge is 2.25. The Kier molecular flexibility index (Phi) is 3.82. The van der Waals surface area contributed by atoms with E-state index in [1.165, 1.54) is 0 Å². The SMILES string of the molecule is NC[C@H]1OBc2c(OCCCO)cccc21. The molecule has 0 amide bonds. The van der Waals surface area contributed by atoms with Gasteiger partial charge in [-0.1, -0.05) is 12.1 Å². The molecule has 0 bridgehead atoms. The zero-order valence-electron chi connectivity index (χ0n) is 9.19. The van der Waals surface area contributed by atoms with Gasteiger partial charge in [0, 0.05) is 19.6 Å². The second kappa shape index (κ2) is 5.34. The van der Waals surface area contributed by atoms with Gasteiger partial charge in [-0.2, -0.15) is 0 Å². The van der Waals surface area contributed by atoms with Crippen molar-refractivity contribution in [2.45, 2.75) is 12.5 Å². The van der Waals surface area contributed by atoms with Gasteiger partial charge in [0.1, 0.15) is 5.75 Å². The first-order chi connectivity index (χ1) is 7.86. The maximum atomic E-state index is 8.70. The second-order valence-electron chi connectivity index (χ2n) is 3.78. The van der Waals surface area contributed by atoms with Crippen LogP contribution in [0.15, 0.2) is 18.2 Å². The van der Waals surface area contributed by atoms with Crippen LogP contribution in [0.3, 0.4) is 0 Å². The Bertz CT molecular complexity index is 359. The minimum absolute atomic E-state index is 0.00334. The fraction of sp³-hybridized carbons (Fsp3) is 0.455. The zero-order chi connectivity index (χ0) is 11.4. The smallest absolute Gasteiger partial charge is 0.313 e. The summed E-state index contributed by atoms with van der Waals surface area (Å²) in [6, 6.07) is 5.90. The van der Waals surface area contributed by atoms with Gasteiger partial charge in [0.05, 0.1) is 12.7 Å². The van der Waals surface area contributed by atoms with Crippen LogP contribution in [-0.2, 0) is 4.65 Å². The number of ether oxygens (including phenoxy) is 1. The largest absolute Gasteiger partial charge is 0.494 e. The molecule has 3 N–H and O–H groups in total. The van der Waals surface area contributed by atoms with Crippen LogP contribution in [0.5, 0.6) is 5.75 Å². The van der Waals surface area contributed by atoms with Gasteiger partial charge in [0.25, 0.3) is 0 Å². The summed E-state index contributed by atoms with van der Waals surface area (Å²) in [7, 11) is 0.562. The van der Waals surface area contributed by atoms with Crippen LogP contribution in [0.25, 0.3) is 0 Å². The van der Waals surface area contributed by atoms with E-state index in [0.29, 0.717) is 27.1 Å². The molecule has 0 fully saturated rings. The van der Waals surface area contributed by atoms with Gasteiger partial charge >= 0.3 is 7.48 Å². The molecule has 0 saturated carbocycles. The molecule has 86 valence electrons. The van der Waals surface area contributed by atoms with Gasteiger partial charge in [-0.05, 0) is 17.1 Å². The minimum Gasteiger partial charge on any atom is -0.494 e. The summed E-state index contributed by atoms with van der Waals surface area (Å²) < 4.78 is 11.2. The summed E-state index contributed by atoms with van der Waals surface area (Å²) in [6.07, 6.45) is 0.640. The van der Waals surface area contributed by atoms with Crippen LogP contribution in [0.4, 0.5) is 0 Å². The number of rotatable bonds is 5. The molecule has 0 aliphatic carbocycles. The minimum atomic E-state index is -0.00334. The number of fused-ring (bicyclic) bond motifs is 1. The van der Waals surface area contributed by atoms with Gasteiger partial charge < -0.3 is 20.2 Å². The van der Waals surface area contributed by atoms with Crippen LogP contribution < -0.4 is 15.9 Å². The van der Waals surface area contributed by atoms with Gasteiger partial charge in [-0.3, -0.25) is 0 Å². The second-order valence-corrected chi connectivity index (χ2v) is 3.78. The maximum absolute atomic E-state index is 8.70. The molecular weight excluding hydrogens is 205 g/mol. The van der Waals surface area contributed by atoms with Crippen molar-refractivity contribution in [2.24, 2.45) is 5.73 Å². The van der Waals surface area contributed by atoms with E-state index in [1.54, 1.807) is 0 Å². The van der Waals surface area contributed by atoms with E-state index in [0.717, 1.165) is 16.8 Å². The molecule has 1 aliphatic rings. The molecule has 16 heavy (non-hydrogen) atoms. The normalized spacial score (nSPS) is 18.0. The van der Waals surface area contributed by atoms with Crippen molar-refractivity contribution in [2.75, 3.05) is 19.8 Å². The Morgan fingerprint density at radius 2 is 2.38 bits per heavy atom. The molecule has 1 aromatic carbocycles. The lowest BCUT2D eigenvalue weighted by Gasteiger charge is -2.11. The Labute approximate surface area is 95.6 Å². The topological polar surface area (TPSA) is 64.7 Å². The highest BCUT2D eigenvalue weighted by Crippen LogP contribution is 2.23. The molecule has 0 unspecified atom stereocenters. The molecule has 1 atom stereocenters. The van der Waals surface area contributed by atoms with Crippen molar-refractivity contribution >= 4 is 12.9 Å². The van der Waals surface area contributed by atoms with E-state index in [-0.39, 0.29) is 12.7 Å². The van der Waals surface area contributed by atoms with Crippen LogP contribution >= 0.6 is 0 Å². The third kappa shape index (κ3) is 2.21. The van der Waals surface area contributed by atoms with Gasteiger partial charge in [0.15, 0.2) is 0 Å². The maximum Gasteiger partial charge on any atom is 0.313 e. The average molecular weight is 221 g/mol. The lowest BCUT2D eigenvalue weighted by atomic mass is 9.85. The first kappa shape index (κ1) is 11.5. The van der Waals surface area contributed by atoms with Crippen LogP contribution in [0, 0.1) is 0 Å². The summed E-state index contributed by atoms with van der Waals surface area (Å²) in [5.74, 6) is 0.849. The highest BCUT2D eigenvalue weighted by molar-refractivity contribution is 6.50. The number of nitrogens with two attached hydrogens (primary N) is 1. The first-order valence-corrected chi connectivity index (χ1v) is 5.54. The molecule has 4 nitrogen and oxygen atoms in total. The fourth-order valence-electron chi connectivity index (χ4n) is 1.89. The number of aliphatic hydroxyl groups is 1. The van der Waals surface area contributed by atoms with Crippen LogP contribution in [0.2, 0.25) is 0 Å². The Hall–Kier alpha value is -1.04. The molecule has 0 radical (unpaired) electrons. The van der Waals surface area contributed by atoms with Crippen molar-refractivity contribution in [1.29, 1.82) is 0 Å². The molecule has 1 aliphatic heterocycles. The fourth-order valence-corrected chi connectivity index (χ4v) is 1.89. The van der Waals surface area contributed by atoms with E-state index in [2.05, 4.69) is 0 Å². The summed E-state index contributed by atoms with van der Waals surface area (Å²) in [5, 5.41) is 8.70. The Morgan fingerprint density at radius 1 is 1.50 bits per heavy atom. The van der Waals surface area contributed by atoms with Crippen molar-refractivity contribution in [1.82, 2.24) is 0 Å². The summed E-state index contributed by atoms with van der Waals surface area (Å²) in [4.78, 5) is 0. The van der Waals surface area contributed by atoms with Crippen molar-refractivity contribution in [3.8, 4) is 5.75 Å². The lowest BCUT2D eigenvalue weighted by molar-refractivity contribution is 0.234. The van der Waals surface area contributed by atoms with Gasteiger partial charge in [-0.15, -0.1) is 0 Å². The number of hydrogen-bond donors (Lipinski definition) is 2. The molecule has 2 rings (SSSR count). The number of aliphatic hydroxyl groups excluding tert-OH is 1. The van der Waals surface area contributed by atoms with E-state index in [9.17, 15) is 0 Å². The van der Waals surface area contributed by atoms with Crippen LogP contribution in [-0.4, -0.2) is 32.3 Å². The molecule has 0 aromatic heterocycles. The third-order valence-corrected chi connectivity index (χ3v) is 2.72. The predicted molar refractivity (Wildman–Crippen MR) is 63.3 cm³/mol. The summed E-state index contributed by atoms with van der Waals surface area (Å²) in [6.45, 7) is 1.17. The Morgan fingerprint density at radius 3 is 3.12 bits per heavy atom. The van der Waals surface area contributed by atoms with Crippen molar-refractivity contribution in [3.63, 3.8) is 0 Å². The van der Waals surface area contributed by atoms with Crippen LogP contribution in [0.1, 0.15) is 18.1 Å². The molecular formula is C11H16BNO3. The van der Waals surface area contributed by atoms with E-state index < -0.39 is 0 Å². The predicted octanol–water partition coefficient (Wildman–Crippen LogP) is -0.545. The first-order valence-electron chi connectivity index (χ1n) is 5.54. The third-order valence-electron chi connectivity index (χ3n) is 2.72. The molecule has 5 heteroatoms. The summed E-state index contributed by atoms with van der Waals surface area (Å²) in [5.41, 5.74) is 7.84. The van der Waals surface area contributed by atoms with Crippen molar-refractivity contribution < 1.29 is 14.5 Å². The molecule has 1 heterocycles. The summed E-state index contributed by atoms with van der Waals surface area (Å²) >= 11 is 0. The van der Waals surface area contributed by atoms with E-state index in [1.807, 2.05) is 18.2 Å². The Balaban J connectivity index is 2.12. The van der Waals surface area contributed by atoms with Gasteiger partial charge in [-0.25, -0.2) is 0 Å². The quantitative estimate of drug-likeness (QED) is 0.517. The number of benzene rings is 1. The molecule has 1 aromatic rings.